The van der Waals surface area contributed by atoms with E-state index >= 15 is 0 Å². The molecule has 0 fully saturated rings. The predicted octanol–water partition coefficient (Wildman–Crippen LogP) is 4.13. The van der Waals surface area contributed by atoms with Gasteiger partial charge in [0.1, 0.15) is 10.9 Å². The van der Waals surface area contributed by atoms with Gasteiger partial charge >= 0.3 is 0 Å². The zero-order valence-corrected chi connectivity index (χ0v) is 13.1. The molecule has 1 aromatic carbocycles. The molecule has 0 unspecified atom stereocenters. The topological polar surface area (TPSA) is 25.4 Å². The highest BCUT2D eigenvalue weighted by molar-refractivity contribution is 6.30. The number of ether oxygens (including phenoxy) is 1. The second kappa shape index (κ2) is 6.91. The molecule has 0 atom stereocenters. The van der Waals surface area contributed by atoms with Gasteiger partial charge in [0.25, 0.3) is 0 Å². The Morgan fingerprint density at radius 2 is 2.05 bits per heavy atom. The fourth-order valence-electron chi connectivity index (χ4n) is 2.31. The maximum absolute atomic E-state index is 6.32. The van der Waals surface area contributed by atoms with Gasteiger partial charge in [0, 0.05) is 23.6 Å². The summed E-state index contributed by atoms with van der Waals surface area (Å²) in [7, 11) is 1.65. The summed E-state index contributed by atoms with van der Waals surface area (Å²) in [5.41, 5.74) is 1.95. The summed E-state index contributed by atoms with van der Waals surface area (Å²) in [5, 5.41) is 1.68. The van der Waals surface area contributed by atoms with Crippen LogP contribution in [0.4, 0.5) is 0 Å². The van der Waals surface area contributed by atoms with E-state index in [0.717, 1.165) is 48.3 Å². The molecule has 0 spiro atoms. The normalized spacial score (nSPS) is 11.2. The lowest BCUT2D eigenvalue weighted by atomic mass is 10.1. The molecule has 0 radical (unpaired) electrons. The molecule has 4 heteroatoms. The van der Waals surface area contributed by atoms with E-state index in [0.29, 0.717) is 5.15 Å². The van der Waals surface area contributed by atoms with E-state index in [4.69, 9.17) is 16.3 Å². The first-order valence-corrected chi connectivity index (χ1v) is 7.41. The van der Waals surface area contributed by atoms with Crippen LogP contribution in [0.5, 0.6) is 5.75 Å². The van der Waals surface area contributed by atoms with Crippen molar-refractivity contribution in [1.82, 2.24) is 9.88 Å². The van der Waals surface area contributed by atoms with Crippen LogP contribution in [-0.2, 0) is 6.54 Å². The number of fused-ring (bicyclic) bond motifs is 1. The van der Waals surface area contributed by atoms with Crippen molar-refractivity contribution in [3.05, 3.63) is 35.0 Å². The fourth-order valence-corrected chi connectivity index (χ4v) is 2.52. The van der Waals surface area contributed by atoms with Crippen molar-refractivity contribution in [1.29, 1.82) is 0 Å². The van der Waals surface area contributed by atoms with E-state index in [1.807, 2.05) is 18.2 Å². The van der Waals surface area contributed by atoms with Crippen molar-refractivity contribution in [3.63, 3.8) is 0 Å². The molecule has 0 saturated heterocycles. The quantitative estimate of drug-likeness (QED) is 0.749. The summed E-state index contributed by atoms with van der Waals surface area (Å²) in [6.07, 6.45) is 1.14. The molecule has 0 aliphatic rings. The first kappa shape index (κ1) is 15.1. The standard InChI is InChI=1S/C16H21ClN2O/c1-4-8-19(5-2)11-13-9-12-6-7-14(20-3)10-15(12)18-16(13)17/h6-7,9-10H,4-5,8,11H2,1-3H3. The highest BCUT2D eigenvalue weighted by Gasteiger charge is 2.09. The van der Waals surface area contributed by atoms with E-state index in [9.17, 15) is 0 Å². The van der Waals surface area contributed by atoms with Gasteiger partial charge in [-0.3, -0.25) is 4.90 Å². The Morgan fingerprint density at radius 3 is 2.70 bits per heavy atom. The highest BCUT2D eigenvalue weighted by Crippen LogP contribution is 2.25. The first-order valence-electron chi connectivity index (χ1n) is 7.03. The van der Waals surface area contributed by atoms with Crippen LogP contribution in [0.25, 0.3) is 10.9 Å². The summed E-state index contributed by atoms with van der Waals surface area (Å²) in [5.74, 6) is 0.801. The summed E-state index contributed by atoms with van der Waals surface area (Å²) in [6, 6.07) is 8.01. The third kappa shape index (κ3) is 3.41. The van der Waals surface area contributed by atoms with E-state index in [1.54, 1.807) is 7.11 Å². The summed E-state index contributed by atoms with van der Waals surface area (Å²) in [6.45, 7) is 7.30. The van der Waals surface area contributed by atoms with Gasteiger partial charge in [-0.15, -0.1) is 0 Å². The number of nitrogens with zero attached hydrogens (tertiary/aromatic N) is 2. The molecular weight excluding hydrogens is 272 g/mol. The van der Waals surface area contributed by atoms with Crippen LogP contribution in [0.2, 0.25) is 5.15 Å². The lowest BCUT2D eigenvalue weighted by Gasteiger charge is -2.20. The number of methoxy groups -OCH3 is 1. The molecule has 0 amide bonds. The molecule has 0 saturated carbocycles. The maximum Gasteiger partial charge on any atom is 0.134 e. The minimum atomic E-state index is 0.584. The largest absolute Gasteiger partial charge is 0.497 e. The van der Waals surface area contributed by atoms with Crippen molar-refractivity contribution in [2.24, 2.45) is 0 Å². The molecule has 20 heavy (non-hydrogen) atoms. The van der Waals surface area contributed by atoms with Crippen LogP contribution in [0, 0.1) is 0 Å². The Bertz CT molecular complexity index is 586. The second-order valence-corrected chi connectivity index (χ2v) is 5.22. The second-order valence-electron chi connectivity index (χ2n) is 4.87. The van der Waals surface area contributed by atoms with Gasteiger partial charge in [-0.1, -0.05) is 25.4 Å². The van der Waals surface area contributed by atoms with Gasteiger partial charge in [-0.2, -0.15) is 0 Å². The number of aromatic nitrogens is 1. The Hall–Kier alpha value is -1.32. The average molecular weight is 293 g/mol. The third-order valence-electron chi connectivity index (χ3n) is 3.43. The number of hydrogen-bond acceptors (Lipinski definition) is 3. The van der Waals surface area contributed by atoms with Crippen LogP contribution in [-0.4, -0.2) is 30.1 Å². The van der Waals surface area contributed by atoms with Gasteiger partial charge in [0.15, 0.2) is 0 Å². The van der Waals surface area contributed by atoms with Crippen molar-refractivity contribution in [2.45, 2.75) is 26.8 Å². The molecular formula is C16H21ClN2O. The third-order valence-corrected chi connectivity index (χ3v) is 3.76. The van der Waals surface area contributed by atoms with Crippen LogP contribution in [0.3, 0.4) is 0 Å². The lowest BCUT2D eigenvalue weighted by Crippen LogP contribution is -2.23. The number of hydrogen-bond donors (Lipinski definition) is 0. The lowest BCUT2D eigenvalue weighted by molar-refractivity contribution is 0.280. The minimum absolute atomic E-state index is 0.584. The smallest absolute Gasteiger partial charge is 0.134 e. The molecule has 108 valence electrons. The minimum Gasteiger partial charge on any atom is -0.497 e. The maximum atomic E-state index is 6.32. The summed E-state index contributed by atoms with van der Waals surface area (Å²) < 4.78 is 5.21. The molecule has 0 bridgehead atoms. The van der Waals surface area contributed by atoms with Crippen molar-refractivity contribution < 1.29 is 4.74 Å². The zero-order chi connectivity index (χ0) is 14.5. The molecule has 1 aromatic heterocycles. The van der Waals surface area contributed by atoms with Gasteiger partial charge < -0.3 is 4.74 Å². The van der Waals surface area contributed by atoms with Crippen LogP contribution in [0.15, 0.2) is 24.3 Å². The molecule has 0 aliphatic carbocycles. The number of benzene rings is 1. The van der Waals surface area contributed by atoms with Crippen molar-refractivity contribution in [3.8, 4) is 5.75 Å². The Balaban J connectivity index is 2.32. The Labute approximate surface area is 125 Å². The van der Waals surface area contributed by atoms with Crippen molar-refractivity contribution in [2.75, 3.05) is 20.2 Å². The highest BCUT2D eigenvalue weighted by atomic mass is 35.5. The fraction of sp³-hybridized carbons (Fsp3) is 0.438. The number of rotatable bonds is 6. The van der Waals surface area contributed by atoms with E-state index in [2.05, 4.69) is 29.8 Å². The Kier molecular flexibility index (Phi) is 5.21. The zero-order valence-electron chi connectivity index (χ0n) is 12.3. The monoisotopic (exact) mass is 292 g/mol. The molecule has 1 heterocycles. The average Bonchev–Trinajstić information content (AvgIpc) is 2.46. The van der Waals surface area contributed by atoms with E-state index in [1.165, 1.54) is 0 Å². The molecule has 0 aliphatic heterocycles. The summed E-state index contributed by atoms with van der Waals surface area (Å²) >= 11 is 6.32. The van der Waals surface area contributed by atoms with Crippen LogP contribution in [0.1, 0.15) is 25.8 Å². The molecule has 0 N–H and O–H groups in total. The Morgan fingerprint density at radius 1 is 1.25 bits per heavy atom. The molecule has 2 aromatic rings. The number of halogens is 1. The summed E-state index contributed by atoms with van der Waals surface area (Å²) in [4.78, 5) is 6.86. The van der Waals surface area contributed by atoms with Crippen LogP contribution < -0.4 is 4.74 Å². The van der Waals surface area contributed by atoms with Gasteiger partial charge in [0.2, 0.25) is 0 Å². The van der Waals surface area contributed by atoms with Gasteiger partial charge in [0.05, 0.1) is 12.6 Å². The number of pyridine rings is 1. The predicted molar refractivity (Wildman–Crippen MR) is 84.5 cm³/mol. The van der Waals surface area contributed by atoms with Crippen molar-refractivity contribution >= 4 is 22.5 Å². The van der Waals surface area contributed by atoms with Gasteiger partial charge in [-0.25, -0.2) is 4.98 Å². The molecule has 3 nitrogen and oxygen atoms in total. The molecule has 2 rings (SSSR count). The van der Waals surface area contributed by atoms with Crippen LogP contribution >= 0.6 is 11.6 Å². The first-order chi connectivity index (χ1) is 9.67. The van der Waals surface area contributed by atoms with E-state index < -0.39 is 0 Å². The van der Waals surface area contributed by atoms with Gasteiger partial charge in [-0.05, 0) is 37.7 Å². The van der Waals surface area contributed by atoms with E-state index in [-0.39, 0.29) is 0 Å². The SMILES string of the molecule is CCCN(CC)Cc1cc2ccc(OC)cc2nc1Cl.